The molecule has 0 radical (unpaired) electrons. The number of benzene rings is 2. The molecule has 2 aromatic carbocycles. The summed E-state index contributed by atoms with van der Waals surface area (Å²) in [5.74, 6) is 1.07. The van der Waals surface area contributed by atoms with E-state index in [0.717, 1.165) is 5.56 Å². The van der Waals surface area contributed by atoms with Gasteiger partial charge in [0, 0.05) is 13.1 Å². The number of amides is 1. The fourth-order valence-electron chi connectivity index (χ4n) is 3.13. The van der Waals surface area contributed by atoms with Crippen LogP contribution >= 0.6 is 0 Å². The third-order valence-corrected chi connectivity index (χ3v) is 4.66. The van der Waals surface area contributed by atoms with Gasteiger partial charge in [-0.3, -0.25) is 4.79 Å². The van der Waals surface area contributed by atoms with E-state index in [4.69, 9.17) is 23.7 Å². The van der Waals surface area contributed by atoms with E-state index in [1.54, 1.807) is 23.1 Å². The molecule has 0 spiro atoms. The van der Waals surface area contributed by atoms with Crippen molar-refractivity contribution in [2.75, 3.05) is 40.6 Å². The molecular weight excluding hydrogens is 390 g/mol. The van der Waals surface area contributed by atoms with Gasteiger partial charge in [0.05, 0.1) is 14.2 Å². The summed E-state index contributed by atoms with van der Waals surface area (Å²) in [6.45, 7) is 3.34. The molecular formula is C22H25NO7. The van der Waals surface area contributed by atoms with Crippen LogP contribution in [0.15, 0.2) is 36.4 Å². The zero-order valence-corrected chi connectivity index (χ0v) is 17.3. The highest BCUT2D eigenvalue weighted by Crippen LogP contribution is 2.32. The van der Waals surface area contributed by atoms with E-state index in [-0.39, 0.29) is 23.8 Å². The fourth-order valence-corrected chi connectivity index (χ4v) is 3.13. The Hall–Kier alpha value is -3.42. The molecule has 0 saturated heterocycles. The van der Waals surface area contributed by atoms with Crippen LogP contribution in [0.2, 0.25) is 0 Å². The summed E-state index contributed by atoms with van der Waals surface area (Å²) < 4.78 is 26.8. The second-order valence-electron chi connectivity index (χ2n) is 6.50. The van der Waals surface area contributed by atoms with Crippen molar-refractivity contribution in [2.45, 2.75) is 13.5 Å². The SMILES string of the molecule is CCN(Cc1ccc2c(c1)OCCO2)C(=O)COC(=O)c1cccc(OC)c1OC. The zero-order chi connectivity index (χ0) is 21.5. The van der Waals surface area contributed by atoms with Crippen LogP contribution in [0, 0.1) is 0 Å². The van der Waals surface area contributed by atoms with Gasteiger partial charge in [0.1, 0.15) is 18.8 Å². The van der Waals surface area contributed by atoms with Crippen LogP contribution in [-0.4, -0.2) is 57.4 Å². The van der Waals surface area contributed by atoms with Crippen molar-refractivity contribution >= 4 is 11.9 Å². The average Bonchev–Trinajstić information content (AvgIpc) is 2.79. The number of hydrogen-bond donors (Lipinski definition) is 0. The lowest BCUT2D eigenvalue weighted by molar-refractivity contribution is -0.134. The zero-order valence-electron chi connectivity index (χ0n) is 17.3. The summed E-state index contributed by atoms with van der Waals surface area (Å²) in [5.41, 5.74) is 1.09. The van der Waals surface area contributed by atoms with E-state index in [1.807, 2.05) is 25.1 Å². The smallest absolute Gasteiger partial charge is 0.342 e. The molecule has 0 aliphatic carbocycles. The fraction of sp³-hybridized carbons (Fsp3) is 0.364. The Bertz CT molecular complexity index is 912. The Morgan fingerprint density at radius 1 is 1.03 bits per heavy atom. The first-order valence-corrected chi connectivity index (χ1v) is 9.61. The van der Waals surface area contributed by atoms with Gasteiger partial charge < -0.3 is 28.6 Å². The van der Waals surface area contributed by atoms with Crippen molar-refractivity contribution in [3.05, 3.63) is 47.5 Å². The topological polar surface area (TPSA) is 83.5 Å². The number of likely N-dealkylation sites (N-methyl/N-ethyl adjacent to an activating group) is 1. The van der Waals surface area contributed by atoms with Crippen molar-refractivity contribution in [1.29, 1.82) is 0 Å². The molecule has 0 fully saturated rings. The Morgan fingerprint density at radius 3 is 2.50 bits per heavy atom. The number of hydrogen-bond acceptors (Lipinski definition) is 7. The largest absolute Gasteiger partial charge is 0.493 e. The summed E-state index contributed by atoms with van der Waals surface area (Å²) in [6, 6.07) is 10.5. The van der Waals surface area contributed by atoms with Crippen molar-refractivity contribution < 1.29 is 33.3 Å². The van der Waals surface area contributed by atoms with Crippen molar-refractivity contribution in [1.82, 2.24) is 4.90 Å². The molecule has 0 unspecified atom stereocenters. The van der Waals surface area contributed by atoms with Crippen LogP contribution in [0.4, 0.5) is 0 Å². The molecule has 0 aromatic heterocycles. The number of rotatable bonds is 8. The number of esters is 1. The Morgan fingerprint density at radius 2 is 1.80 bits per heavy atom. The van der Waals surface area contributed by atoms with E-state index < -0.39 is 5.97 Å². The monoisotopic (exact) mass is 415 g/mol. The normalized spacial score (nSPS) is 12.1. The summed E-state index contributed by atoms with van der Waals surface area (Å²) >= 11 is 0. The second kappa shape index (κ2) is 9.87. The van der Waals surface area contributed by atoms with E-state index in [1.165, 1.54) is 14.2 Å². The minimum Gasteiger partial charge on any atom is -0.493 e. The Balaban J connectivity index is 1.62. The first-order chi connectivity index (χ1) is 14.6. The highest BCUT2D eigenvalue weighted by molar-refractivity contribution is 5.95. The molecule has 8 heteroatoms. The summed E-state index contributed by atoms with van der Waals surface area (Å²) in [4.78, 5) is 26.7. The van der Waals surface area contributed by atoms with E-state index in [2.05, 4.69) is 0 Å². The van der Waals surface area contributed by atoms with Crippen LogP contribution in [0.1, 0.15) is 22.8 Å². The van der Waals surface area contributed by atoms with Crippen molar-refractivity contribution in [3.8, 4) is 23.0 Å². The number of nitrogens with zero attached hydrogens (tertiary/aromatic N) is 1. The van der Waals surface area contributed by atoms with Crippen molar-refractivity contribution in [2.24, 2.45) is 0 Å². The molecule has 3 rings (SSSR count). The lowest BCUT2D eigenvalue weighted by atomic mass is 10.1. The van der Waals surface area contributed by atoms with E-state index in [0.29, 0.717) is 43.6 Å². The van der Waals surface area contributed by atoms with Gasteiger partial charge in [-0.15, -0.1) is 0 Å². The van der Waals surface area contributed by atoms with E-state index >= 15 is 0 Å². The molecule has 1 amide bonds. The Labute approximate surface area is 175 Å². The summed E-state index contributed by atoms with van der Waals surface area (Å²) in [7, 11) is 2.92. The molecule has 1 aliphatic heterocycles. The van der Waals surface area contributed by atoms with Crippen LogP contribution < -0.4 is 18.9 Å². The van der Waals surface area contributed by atoms with Crippen LogP contribution in [0.3, 0.4) is 0 Å². The molecule has 8 nitrogen and oxygen atoms in total. The molecule has 30 heavy (non-hydrogen) atoms. The summed E-state index contributed by atoms with van der Waals surface area (Å²) in [6.07, 6.45) is 0. The second-order valence-corrected chi connectivity index (χ2v) is 6.50. The minimum atomic E-state index is -0.658. The number of para-hydroxylation sites is 1. The molecule has 2 aromatic rings. The summed E-state index contributed by atoms with van der Waals surface area (Å²) in [5, 5.41) is 0. The third-order valence-electron chi connectivity index (χ3n) is 4.66. The van der Waals surface area contributed by atoms with Gasteiger partial charge >= 0.3 is 5.97 Å². The predicted molar refractivity (Wildman–Crippen MR) is 108 cm³/mol. The third kappa shape index (κ3) is 4.76. The van der Waals surface area contributed by atoms with Gasteiger partial charge in [0.15, 0.2) is 29.6 Å². The van der Waals surface area contributed by atoms with E-state index in [9.17, 15) is 9.59 Å². The standard InChI is InChI=1S/C22H25NO7/c1-4-23(13-15-8-9-17-19(12-15)29-11-10-28-17)20(24)14-30-22(25)16-6-5-7-18(26-2)21(16)27-3/h5-9,12H,4,10-11,13-14H2,1-3H3. The first kappa shape index (κ1) is 21.3. The van der Waals surface area contributed by atoms with Crippen LogP contribution in [0.5, 0.6) is 23.0 Å². The Kier molecular flexibility index (Phi) is 7.00. The van der Waals surface area contributed by atoms with Gasteiger partial charge in [-0.05, 0) is 36.8 Å². The number of ether oxygens (including phenoxy) is 5. The average molecular weight is 415 g/mol. The molecule has 160 valence electrons. The van der Waals surface area contributed by atoms with Gasteiger partial charge in [0.2, 0.25) is 0 Å². The van der Waals surface area contributed by atoms with Gasteiger partial charge in [0.25, 0.3) is 5.91 Å². The number of carbonyl (C=O) groups is 2. The molecule has 0 N–H and O–H groups in total. The molecule has 1 heterocycles. The van der Waals surface area contributed by atoms with Gasteiger partial charge in [-0.2, -0.15) is 0 Å². The maximum Gasteiger partial charge on any atom is 0.342 e. The lowest BCUT2D eigenvalue weighted by Crippen LogP contribution is -2.34. The highest BCUT2D eigenvalue weighted by Gasteiger charge is 2.21. The number of fused-ring (bicyclic) bond motifs is 1. The van der Waals surface area contributed by atoms with Gasteiger partial charge in [-0.1, -0.05) is 12.1 Å². The predicted octanol–water partition coefficient (Wildman–Crippen LogP) is 2.68. The molecule has 1 aliphatic rings. The van der Waals surface area contributed by atoms with Crippen LogP contribution in [-0.2, 0) is 16.1 Å². The van der Waals surface area contributed by atoms with Crippen molar-refractivity contribution in [3.63, 3.8) is 0 Å². The maximum atomic E-state index is 12.6. The quantitative estimate of drug-likeness (QED) is 0.613. The highest BCUT2D eigenvalue weighted by atomic mass is 16.6. The van der Waals surface area contributed by atoms with Gasteiger partial charge in [-0.25, -0.2) is 4.79 Å². The molecule has 0 bridgehead atoms. The number of methoxy groups -OCH3 is 2. The molecule has 0 saturated carbocycles. The minimum absolute atomic E-state index is 0.194. The lowest BCUT2D eigenvalue weighted by Gasteiger charge is -2.23. The van der Waals surface area contributed by atoms with Crippen LogP contribution in [0.25, 0.3) is 0 Å². The first-order valence-electron chi connectivity index (χ1n) is 9.61. The molecule has 0 atom stereocenters. The number of carbonyl (C=O) groups excluding carboxylic acids is 2. The maximum absolute atomic E-state index is 12.6.